The molecule has 6 rings (SSSR count). The van der Waals surface area contributed by atoms with Gasteiger partial charge in [-0.3, -0.25) is 9.78 Å². The van der Waals surface area contributed by atoms with Crippen molar-refractivity contribution in [2.45, 2.75) is 37.8 Å². The Hall–Kier alpha value is -5.20. The molecule has 0 atom stereocenters. The molecular weight excluding hydrogens is 581 g/mol. The van der Waals surface area contributed by atoms with Crippen LogP contribution in [0.3, 0.4) is 0 Å². The van der Waals surface area contributed by atoms with Crippen molar-refractivity contribution in [3.8, 4) is 16.9 Å². The smallest absolute Gasteiger partial charge is 0.324 e. The number of benzene rings is 2. The minimum atomic E-state index is -4.71. The zero-order valence-corrected chi connectivity index (χ0v) is 23.1. The van der Waals surface area contributed by atoms with Crippen LogP contribution in [0.2, 0.25) is 0 Å². The van der Waals surface area contributed by atoms with Crippen LogP contribution in [0.5, 0.6) is 0 Å². The minimum Gasteiger partial charge on any atom is -0.324 e. The van der Waals surface area contributed by atoms with Crippen LogP contribution >= 0.6 is 0 Å². The van der Waals surface area contributed by atoms with Gasteiger partial charge in [-0.15, -0.1) is 0 Å². The Morgan fingerprint density at radius 2 is 1.84 bits per heavy atom. The lowest BCUT2D eigenvalue weighted by Gasteiger charge is -2.33. The van der Waals surface area contributed by atoms with Gasteiger partial charge in [-0.2, -0.15) is 13.2 Å². The monoisotopic (exact) mass is 605 g/mol. The van der Waals surface area contributed by atoms with Crippen molar-refractivity contribution in [3.05, 3.63) is 108 Å². The number of aryl methyl sites for hydroxylation is 1. The molecule has 5 aromatic rings. The molecule has 1 fully saturated rings. The van der Waals surface area contributed by atoms with Crippen LogP contribution in [0.25, 0.3) is 16.9 Å². The second-order valence-electron chi connectivity index (χ2n) is 10.5. The normalized spacial score (nSPS) is 14.6. The largest absolute Gasteiger partial charge is 0.416 e. The van der Waals surface area contributed by atoms with Crippen LogP contribution in [0, 0.1) is 6.92 Å². The number of amides is 1. The summed E-state index contributed by atoms with van der Waals surface area (Å²) < 4.78 is 69.4. The highest BCUT2D eigenvalue weighted by atomic mass is 19.4. The van der Waals surface area contributed by atoms with Crippen LogP contribution in [0.15, 0.2) is 85.7 Å². The number of carbonyl (C=O) groups is 1. The van der Waals surface area contributed by atoms with Crippen LogP contribution in [-0.4, -0.2) is 36.3 Å². The number of carbonyl (C=O) groups excluding carboxylic acids is 1. The highest BCUT2D eigenvalue weighted by Gasteiger charge is 2.46. The summed E-state index contributed by atoms with van der Waals surface area (Å²) in [5.41, 5.74) is 2.25. The highest BCUT2D eigenvalue weighted by Crippen LogP contribution is 2.47. The Balaban J connectivity index is 1.24. The summed E-state index contributed by atoms with van der Waals surface area (Å²) in [4.78, 5) is 30.2. The molecule has 13 heteroatoms. The number of rotatable bonds is 7. The molecule has 1 amide bonds. The van der Waals surface area contributed by atoms with Gasteiger partial charge in [-0.25, -0.2) is 23.7 Å². The molecular formula is C31H24F5N7O. The maximum Gasteiger partial charge on any atom is 0.416 e. The molecule has 0 unspecified atom stereocenters. The van der Waals surface area contributed by atoms with Gasteiger partial charge < -0.3 is 15.2 Å². The SMILES string of the molecule is Cc1ccc(C(=O)Nc2cc(-n3cnc(C4CC(F)(F)C4)c3)cc(C(F)(F)F)c2)cc1Nc1nccc(-c2cccnc2)n1. The van der Waals surface area contributed by atoms with Crippen molar-refractivity contribution in [1.82, 2.24) is 24.5 Å². The lowest BCUT2D eigenvalue weighted by atomic mass is 9.79. The minimum absolute atomic E-state index is 0.0665. The predicted octanol–water partition coefficient (Wildman–Crippen LogP) is 7.56. The Morgan fingerprint density at radius 3 is 2.57 bits per heavy atom. The van der Waals surface area contributed by atoms with E-state index in [0.29, 0.717) is 17.1 Å². The van der Waals surface area contributed by atoms with Crippen molar-refractivity contribution < 1.29 is 26.7 Å². The topological polar surface area (TPSA) is 97.6 Å². The van der Waals surface area contributed by atoms with E-state index < -0.39 is 29.5 Å². The molecule has 2 N–H and O–H groups in total. The molecule has 1 aliphatic rings. The number of hydrogen-bond acceptors (Lipinski definition) is 6. The first-order valence-electron chi connectivity index (χ1n) is 13.5. The maximum absolute atomic E-state index is 13.8. The molecule has 1 saturated carbocycles. The summed E-state index contributed by atoms with van der Waals surface area (Å²) in [5, 5.41) is 5.65. The summed E-state index contributed by atoms with van der Waals surface area (Å²) in [5.74, 6) is -3.60. The molecule has 0 saturated heterocycles. The summed E-state index contributed by atoms with van der Waals surface area (Å²) in [6, 6.07) is 13.3. The summed E-state index contributed by atoms with van der Waals surface area (Å²) in [6.45, 7) is 1.82. The number of nitrogens with zero attached hydrogens (tertiary/aromatic N) is 5. The summed E-state index contributed by atoms with van der Waals surface area (Å²) >= 11 is 0. The number of halogens is 5. The fraction of sp³-hybridized carbons (Fsp3) is 0.194. The molecule has 8 nitrogen and oxygen atoms in total. The van der Waals surface area contributed by atoms with Gasteiger partial charge in [0.05, 0.1) is 23.3 Å². The second-order valence-corrected chi connectivity index (χ2v) is 10.5. The Labute approximate surface area is 248 Å². The third kappa shape index (κ3) is 6.26. The Morgan fingerprint density at radius 1 is 1.02 bits per heavy atom. The number of pyridine rings is 1. The first-order chi connectivity index (χ1) is 20.9. The molecule has 224 valence electrons. The number of imidazole rings is 1. The Bertz CT molecular complexity index is 1830. The first-order valence-corrected chi connectivity index (χ1v) is 13.5. The molecule has 0 bridgehead atoms. The van der Waals surface area contributed by atoms with Crippen molar-refractivity contribution >= 4 is 23.2 Å². The van der Waals surface area contributed by atoms with Gasteiger partial charge in [0.25, 0.3) is 5.91 Å². The Kier molecular flexibility index (Phi) is 7.31. The quantitative estimate of drug-likeness (QED) is 0.186. The average molecular weight is 606 g/mol. The number of aromatic nitrogens is 5. The van der Waals surface area contributed by atoms with Gasteiger partial charge in [0, 0.05) is 71.7 Å². The van der Waals surface area contributed by atoms with Gasteiger partial charge in [-0.1, -0.05) is 6.07 Å². The van der Waals surface area contributed by atoms with Crippen molar-refractivity contribution in [3.63, 3.8) is 0 Å². The molecule has 2 aromatic carbocycles. The van der Waals surface area contributed by atoms with Gasteiger partial charge >= 0.3 is 6.18 Å². The fourth-order valence-electron chi connectivity index (χ4n) is 4.87. The van der Waals surface area contributed by atoms with E-state index in [1.54, 1.807) is 48.9 Å². The molecule has 0 radical (unpaired) electrons. The highest BCUT2D eigenvalue weighted by molar-refractivity contribution is 6.05. The molecule has 0 spiro atoms. The average Bonchev–Trinajstić information content (AvgIpc) is 3.47. The van der Waals surface area contributed by atoms with Crippen molar-refractivity contribution in [2.75, 3.05) is 10.6 Å². The lowest BCUT2D eigenvalue weighted by molar-refractivity contribution is -0.137. The zero-order valence-electron chi connectivity index (χ0n) is 23.1. The van der Waals surface area contributed by atoms with Gasteiger partial charge in [-0.05, 0) is 61.0 Å². The second kappa shape index (κ2) is 11.1. The van der Waals surface area contributed by atoms with Crippen LogP contribution in [0.4, 0.5) is 39.3 Å². The zero-order chi connectivity index (χ0) is 31.1. The number of alkyl halides is 5. The summed E-state index contributed by atoms with van der Waals surface area (Å²) in [7, 11) is 0. The first kappa shape index (κ1) is 28.9. The standard InChI is InChI=1S/C31H24F5N7O/c1-18-4-5-19(9-26(18)42-29-38-8-6-25(41-29)20-3-2-7-37-15-20)28(44)40-23-10-22(31(34,35)36)11-24(12-23)43-16-27(39-17-43)21-13-30(32,33)14-21/h2-12,15-17,21H,13-14H2,1H3,(H,40,44)(H,38,41,42). The van der Waals surface area contributed by atoms with Crippen LogP contribution in [-0.2, 0) is 6.18 Å². The van der Waals surface area contributed by atoms with Gasteiger partial charge in [0.2, 0.25) is 11.9 Å². The van der Waals surface area contributed by atoms with Crippen LogP contribution in [0.1, 0.15) is 45.9 Å². The fourth-order valence-corrected chi connectivity index (χ4v) is 4.87. The van der Waals surface area contributed by atoms with E-state index in [1.165, 1.54) is 23.2 Å². The third-order valence-corrected chi connectivity index (χ3v) is 7.27. The van der Waals surface area contributed by atoms with Crippen LogP contribution < -0.4 is 10.6 Å². The lowest BCUT2D eigenvalue weighted by Crippen LogP contribution is -2.33. The number of hydrogen-bond donors (Lipinski definition) is 2. The summed E-state index contributed by atoms with van der Waals surface area (Å²) in [6.07, 6.45) is 2.19. The van der Waals surface area contributed by atoms with E-state index in [4.69, 9.17) is 0 Å². The van der Waals surface area contributed by atoms with E-state index in [1.807, 2.05) is 13.0 Å². The van der Waals surface area contributed by atoms with E-state index in [2.05, 4.69) is 30.6 Å². The molecule has 1 aliphatic carbocycles. The van der Waals surface area contributed by atoms with Crippen molar-refractivity contribution in [1.29, 1.82) is 0 Å². The van der Waals surface area contributed by atoms with E-state index >= 15 is 0 Å². The van der Waals surface area contributed by atoms with Crippen molar-refractivity contribution in [2.24, 2.45) is 0 Å². The number of anilines is 3. The molecule has 3 heterocycles. The maximum atomic E-state index is 13.8. The third-order valence-electron chi connectivity index (χ3n) is 7.27. The van der Waals surface area contributed by atoms with E-state index in [-0.39, 0.29) is 35.7 Å². The van der Waals surface area contributed by atoms with E-state index in [9.17, 15) is 26.7 Å². The van der Waals surface area contributed by atoms with Gasteiger partial charge in [0.1, 0.15) is 0 Å². The molecule has 44 heavy (non-hydrogen) atoms. The predicted molar refractivity (Wildman–Crippen MR) is 153 cm³/mol. The molecule has 0 aliphatic heterocycles. The van der Waals surface area contributed by atoms with E-state index in [0.717, 1.165) is 23.3 Å². The van der Waals surface area contributed by atoms with Gasteiger partial charge in [0.15, 0.2) is 0 Å². The number of nitrogens with one attached hydrogen (secondary N) is 2. The molecule has 3 aromatic heterocycles.